The molecule has 0 aliphatic heterocycles. The van der Waals surface area contributed by atoms with Crippen LogP contribution in [-0.4, -0.2) is 33.0 Å². The number of hydrogen-bond acceptors (Lipinski definition) is 6. The topological polar surface area (TPSA) is 101 Å². The predicted octanol–water partition coefficient (Wildman–Crippen LogP) is 0.734. The van der Waals surface area contributed by atoms with Gasteiger partial charge in [0.15, 0.2) is 0 Å². The largest absolute Gasteiger partial charge is 0.409 e. The highest BCUT2D eigenvalue weighted by Gasteiger charge is 2.10. The maximum absolute atomic E-state index is 8.58. The Morgan fingerprint density at radius 2 is 2.00 bits per heavy atom. The van der Waals surface area contributed by atoms with Gasteiger partial charge in [0.2, 0.25) is 17.6 Å². The van der Waals surface area contributed by atoms with Gasteiger partial charge >= 0.3 is 0 Å². The number of anilines is 2. The van der Waals surface area contributed by atoms with Crippen molar-refractivity contribution in [1.82, 2.24) is 15.0 Å². The maximum atomic E-state index is 8.58. The molecular weight excluding hydrogens is 232 g/mol. The van der Waals surface area contributed by atoms with Crippen LogP contribution in [0, 0.1) is 0 Å². The molecule has 1 aromatic heterocycles. The summed E-state index contributed by atoms with van der Waals surface area (Å²) >= 11 is 0. The molecule has 7 heteroatoms. The standard InChI is InChI=1S/C11H12N6O/c1-17(8-5-3-2-4-6-8)11-14-7-13-10(15-11)9(12)16-18/h2-7,18H,1H3,(H2,12,16). The van der Waals surface area contributed by atoms with Crippen molar-refractivity contribution in [3.63, 3.8) is 0 Å². The lowest BCUT2D eigenvalue weighted by Crippen LogP contribution is -2.20. The highest BCUT2D eigenvalue weighted by atomic mass is 16.4. The Kier molecular flexibility index (Phi) is 3.33. The number of benzene rings is 1. The van der Waals surface area contributed by atoms with Gasteiger partial charge in [-0.2, -0.15) is 4.98 Å². The van der Waals surface area contributed by atoms with Crippen molar-refractivity contribution in [3.8, 4) is 0 Å². The molecule has 0 saturated carbocycles. The molecule has 0 atom stereocenters. The molecule has 0 saturated heterocycles. The van der Waals surface area contributed by atoms with Crippen molar-refractivity contribution < 1.29 is 5.21 Å². The summed E-state index contributed by atoms with van der Waals surface area (Å²) in [5.74, 6) is 0.392. The third-order valence-electron chi connectivity index (χ3n) is 2.34. The summed E-state index contributed by atoms with van der Waals surface area (Å²) in [4.78, 5) is 13.7. The van der Waals surface area contributed by atoms with Crippen LogP contribution in [0.3, 0.4) is 0 Å². The number of para-hydroxylation sites is 1. The Balaban J connectivity index is 2.34. The number of oxime groups is 1. The summed E-state index contributed by atoms with van der Waals surface area (Å²) in [6.07, 6.45) is 1.31. The molecule has 1 aromatic carbocycles. The smallest absolute Gasteiger partial charge is 0.233 e. The molecule has 0 spiro atoms. The van der Waals surface area contributed by atoms with Gasteiger partial charge < -0.3 is 15.8 Å². The first-order valence-electron chi connectivity index (χ1n) is 5.18. The van der Waals surface area contributed by atoms with Crippen LogP contribution in [0.25, 0.3) is 0 Å². The Hall–Kier alpha value is -2.70. The van der Waals surface area contributed by atoms with Gasteiger partial charge in [-0.05, 0) is 12.1 Å². The quantitative estimate of drug-likeness (QED) is 0.357. The summed E-state index contributed by atoms with van der Waals surface area (Å²) in [6.45, 7) is 0. The molecule has 92 valence electrons. The van der Waals surface area contributed by atoms with Gasteiger partial charge in [0.1, 0.15) is 6.33 Å². The average Bonchev–Trinajstić information content (AvgIpc) is 2.46. The number of nitrogens with zero attached hydrogens (tertiary/aromatic N) is 5. The van der Waals surface area contributed by atoms with E-state index in [2.05, 4.69) is 20.1 Å². The van der Waals surface area contributed by atoms with E-state index in [1.165, 1.54) is 6.33 Å². The lowest BCUT2D eigenvalue weighted by atomic mass is 10.3. The number of rotatable bonds is 3. The minimum absolute atomic E-state index is 0.130. The molecule has 2 aromatic rings. The average molecular weight is 244 g/mol. The first-order valence-corrected chi connectivity index (χ1v) is 5.18. The Morgan fingerprint density at radius 1 is 1.28 bits per heavy atom. The third kappa shape index (κ3) is 2.34. The minimum atomic E-state index is -0.153. The van der Waals surface area contributed by atoms with Crippen LogP contribution in [0.1, 0.15) is 5.82 Å². The predicted molar refractivity (Wildman–Crippen MR) is 66.8 cm³/mol. The van der Waals surface area contributed by atoms with E-state index in [-0.39, 0.29) is 11.7 Å². The van der Waals surface area contributed by atoms with Gasteiger partial charge in [-0.25, -0.2) is 9.97 Å². The maximum Gasteiger partial charge on any atom is 0.233 e. The zero-order valence-electron chi connectivity index (χ0n) is 9.72. The molecule has 3 N–H and O–H groups in total. The lowest BCUT2D eigenvalue weighted by Gasteiger charge is -2.16. The van der Waals surface area contributed by atoms with Crippen LogP contribution in [0.4, 0.5) is 11.6 Å². The van der Waals surface area contributed by atoms with Crippen molar-refractivity contribution >= 4 is 17.5 Å². The van der Waals surface area contributed by atoms with Gasteiger partial charge in [0.25, 0.3) is 0 Å². The van der Waals surface area contributed by atoms with E-state index in [0.717, 1.165) is 5.69 Å². The van der Waals surface area contributed by atoms with Crippen LogP contribution in [0.5, 0.6) is 0 Å². The monoisotopic (exact) mass is 244 g/mol. The molecule has 0 amide bonds. The second-order valence-electron chi connectivity index (χ2n) is 3.49. The van der Waals surface area contributed by atoms with Crippen LogP contribution in [0.2, 0.25) is 0 Å². The van der Waals surface area contributed by atoms with Gasteiger partial charge in [-0.15, -0.1) is 0 Å². The second-order valence-corrected chi connectivity index (χ2v) is 3.49. The normalized spacial score (nSPS) is 11.3. The van der Waals surface area contributed by atoms with Crippen LogP contribution >= 0.6 is 0 Å². The molecule has 0 bridgehead atoms. The summed E-state index contributed by atoms with van der Waals surface area (Å²) in [5, 5.41) is 11.4. The van der Waals surface area contributed by atoms with Crippen molar-refractivity contribution in [2.24, 2.45) is 10.9 Å². The molecule has 0 aliphatic carbocycles. The molecule has 7 nitrogen and oxygen atoms in total. The second kappa shape index (κ2) is 5.09. The van der Waals surface area contributed by atoms with Crippen LogP contribution in [-0.2, 0) is 0 Å². The van der Waals surface area contributed by atoms with Gasteiger partial charge in [0, 0.05) is 12.7 Å². The van der Waals surface area contributed by atoms with Crippen molar-refractivity contribution in [1.29, 1.82) is 0 Å². The van der Waals surface area contributed by atoms with E-state index < -0.39 is 0 Å². The molecule has 18 heavy (non-hydrogen) atoms. The zero-order valence-corrected chi connectivity index (χ0v) is 9.72. The Bertz CT molecular complexity index is 556. The Morgan fingerprint density at radius 3 is 2.67 bits per heavy atom. The van der Waals surface area contributed by atoms with E-state index in [4.69, 9.17) is 10.9 Å². The van der Waals surface area contributed by atoms with E-state index in [9.17, 15) is 0 Å². The van der Waals surface area contributed by atoms with Crippen molar-refractivity contribution in [3.05, 3.63) is 42.5 Å². The number of amidine groups is 1. The molecule has 0 unspecified atom stereocenters. The van der Waals surface area contributed by atoms with Gasteiger partial charge in [-0.1, -0.05) is 23.4 Å². The van der Waals surface area contributed by atoms with Crippen LogP contribution < -0.4 is 10.6 Å². The zero-order chi connectivity index (χ0) is 13.0. The van der Waals surface area contributed by atoms with E-state index in [1.807, 2.05) is 37.4 Å². The van der Waals surface area contributed by atoms with E-state index in [0.29, 0.717) is 5.95 Å². The van der Waals surface area contributed by atoms with Crippen molar-refractivity contribution in [2.75, 3.05) is 11.9 Å². The molecular formula is C11H12N6O. The van der Waals surface area contributed by atoms with Gasteiger partial charge in [0.05, 0.1) is 0 Å². The van der Waals surface area contributed by atoms with Gasteiger partial charge in [-0.3, -0.25) is 0 Å². The molecule has 0 radical (unpaired) electrons. The fourth-order valence-electron chi connectivity index (χ4n) is 1.38. The number of aromatic nitrogens is 3. The fraction of sp³-hybridized carbons (Fsp3) is 0.0909. The minimum Gasteiger partial charge on any atom is -0.409 e. The molecule has 1 heterocycles. The summed E-state index contributed by atoms with van der Waals surface area (Å²) < 4.78 is 0. The molecule has 0 fully saturated rings. The lowest BCUT2D eigenvalue weighted by molar-refractivity contribution is 0.318. The van der Waals surface area contributed by atoms with Crippen LogP contribution in [0.15, 0.2) is 41.8 Å². The first kappa shape index (κ1) is 11.8. The highest BCUT2D eigenvalue weighted by Crippen LogP contribution is 2.18. The summed E-state index contributed by atoms with van der Waals surface area (Å²) in [7, 11) is 1.82. The third-order valence-corrected chi connectivity index (χ3v) is 2.34. The highest BCUT2D eigenvalue weighted by molar-refractivity contribution is 5.93. The number of nitrogens with two attached hydrogens (primary N) is 1. The summed E-state index contributed by atoms with van der Waals surface area (Å²) in [6, 6.07) is 9.60. The van der Waals surface area contributed by atoms with E-state index in [1.54, 1.807) is 4.90 Å². The number of hydrogen-bond donors (Lipinski definition) is 2. The van der Waals surface area contributed by atoms with Crippen molar-refractivity contribution in [2.45, 2.75) is 0 Å². The first-order chi connectivity index (χ1) is 8.72. The Labute approximate surface area is 104 Å². The summed E-state index contributed by atoms with van der Waals surface area (Å²) in [5.41, 5.74) is 6.36. The van der Waals surface area contributed by atoms with E-state index >= 15 is 0 Å². The molecule has 2 rings (SSSR count). The fourth-order valence-corrected chi connectivity index (χ4v) is 1.38. The SMILES string of the molecule is CN(c1ccccc1)c1ncnc(C(N)=NO)n1. The molecule has 0 aliphatic rings.